The highest BCUT2D eigenvalue weighted by atomic mass is 19.4. The van der Waals surface area contributed by atoms with Gasteiger partial charge in [0.05, 0.1) is 12.6 Å². The van der Waals surface area contributed by atoms with Crippen molar-refractivity contribution in [2.75, 3.05) is 6.54 Å². The summed E-state index contributed by atoms with van der Waals surface area (Å²) in [6.07, 6.45) is -9.67. The maximum Gasteiger partial charge on any atom is 0.417 e. The summed E-state index contributed by atoms with van der Waals surface area (Å²) in [5.74, 6) is 0. The predicted octanol–water partition coefficient (Wildman–Crippen LogP) is 4.69. The first-order chi connectivity index (χ1) is 14.4. The summed E-state index contributed by atoms with van der Waals surface area (Å²) in [6.45, 7) is 4.55. The topological polar surface area (TPSA) is 46.8 Å². The quantitative estimate of drug-likeness (QED) is 0.750. The number of imidazole rings is 1. The second-order valence-corrected chi connectivity index (χ2v) is 7.22. The minimum atomic E-state index is -4.57. The normalized spacial score (nSPS) is 27.9. The number of carbonyl (C=O) groups is 1. The number of piperidine rings is 1. The third-order valence-electron chi connectivity index (χ3n) is 3.81. The monoisotopic (exact) mass is 388 g/mol. The average Bonchev–Trinajstić information content (AvgIpc) is 2.99. The molecule has 3 rings (SSSR count). The van der Waals surface area contributed by atoms with Crippen LogP contribution >= 0.6 is 0 Å². The molecule has 1 aliphatic rings. The maximum absolute atomic E-state index is 13.0. The van der Waals surface area contributed by atoms with E-state index >= 15 is 0 Å². The molecule has 5 nitrogen and oxygen atoms in total. The van der Waals surface area contributed by atoms with E-state index in [4.69, 9.17) is 11.6 Å². The van der Waals surface area contributed by atoms with Crippen LogP contribution in [0.2, 0.25) is 0 Å². The van der Waals surface area contributed by atoms with Crippen LogP contribution in [0.3, 0.4) is 0 Å². The van der Waals surface area contributed by atoms with Gasteiger partial charge >= 0.3 is 12.3 Å². The fraction of sp³-hybridized carbons (Fsp3) is 0.579. The Labute approximate surface area is 163 Å². The van der Waals surface area contributed by atoms with Crippen LogP contribution in [0.15, 0.2) is 24.5 Å². The minimum Gasteiger partial charge on any atom is -0.444 e. The van der Waals surface area contributed by atoms with Crippen LogP contribution in [0, 0.1) is 0 Å². The molecule has 0 saturated carbocycles. The molecule has 1 amide bonds. The van der Waals surface area contributed by atoms with E-state index < -0.39 is 48.6 Å². The highest BCUT2D eigenvalue weighted by molar-refractivity contribution is 5.68. The van der Waals surface area contributed by atoms with Gasteiger partial charge in [-0.05, 0) is 52.1 Å². The number of hydrogen-bond acceptors (Lipinski definition) is 3. The fourth-order valence-corrected chi connectivity index (χ4v) is 2.66. The van der Waals surface area contributed by atoms with E-state index in [0.717, 1.165) is 27.6 Å². The first kappa shape index (κ1) is 13.8. The van der Waals surface area contributed by atoms with Crippen LogP contribution in [0.25, 0.3) is 5.65 Å². The van der Waals surface area contributed by atoms with Crippen molar-refractivity contribution in [3.8, 4) is 0 Å². The highest BCUT2D eigenvalue weighted by Gasteiger charge is 2.32. The van der Waals surface area contributed by atoms with Gasteiger partial charge in [0.15, 0.2) is 0 Å². The van der Waals surface area contributed by atoms with Crippen LogP contribution in [-0.2, 0) is 17.3 Å². The number of hydrogen-bond donors (Lipinski definition) is 0. The van der Waals surface area contributed by atoms with Gasteiger partial charge in [0.1, 0.15) is 11.2 Å². The molecule has 1 atom stereocenters. The van der Waals surface area contributed by atoms with Crippen molar-refractivity contribution in [3.05, 3.63) is 35.8 Å². The Kier molecular flexibility index (Phi) is 3.62. The van der Waals surface area contributed by atoms with Crippen LogP contribution in [0.5, 0.6) is 0 Å². The molecule has 0 radical (unpaired) electrons. The molecule has 1 fully saturated rings. The third kappa shape index (κ3) is 4.73. The largest absolute Gasteiger partial charge is 0.444 e. The Hall–Kier alpha value is -2.25. The van der Waals surface area contributed by atoms with Crippen LogP contribution in [0.1, 0.15) is 58.0 Å². The average molecular weight is 388 g/mol. The van der Waals surface area contributed by atoms with Gasteiger partial charge in [0, 0.05) is 36.9 Å². The number of likely N-dealkylation sites (tertiary alicyclic amines) is 1. The lowest BCUT2D eigenvalue weighted by molar-refractivity contribution is -0.137. The van der Waals surface area contributed by atoms with E-state index in [-0.39, 0.29) is 24.3 Å². The number of amides is 1. The first-order valence-corrected chi connectivity index (χ1v) is 8.43. The lowest BCUT2D eigenvalue weighted by Gasteiger charge is -2.36. The van der Waals surface area contributed by atoms with Crippen molar-refractivity contribution in [2.45, 2.75) is 64.2 Å². The van der Waals surface area contributed by atoms with Gasteiger partial charge in [-0.25, -0.2) is 9.78 Å². The molecule has 1 saturated heterocycles. The molecular weight excluding hydrogens is 359 g/mol. The zero-order chi connectivity index (χ0) is 24.3. The van der Waals surface area contributed by atoms with E-state index in [0.29, 0.717) is 0 Å². The molecule has 0 aromatic carbocycles. The molecule has 0 aliphatic carbocycles. The number of rotatable bonds is 2. The van der Waals surface area contributed by atoms with Crippen LogP contribution in [0.4, 0.5) is 18.0 Å². The fourth-order valence-electron chi connectivity index (χ4n) is 2.66. The van der Waals surface area contributed by atoms with Crippen molar-refractivity contribution in [2.24, 2.45) is 0 Å². The minimum absolute atomic E-state index is 0.0365. The number of pyridine rings is 1. The van der Waals surface area contributed by atoms with E-state index in [1.54, 1.807) is 20.8 Å². The number of aromatic nitrogens is 2. The number of fused-ring (bicyclic) bond motifs is 1. The van der Waals surface area contributed by atoms with Crippen molar-refractivity contribution in [3.63, 3.8) is 0 Å². The van der Waals surface area contributed by atoms with E-state index in [9.17, 15) is 18.0 Å². The van der Waals surface area contributed by atoms with Crippen molar-refractivity contribution < 1.29 is 29.6 Å². The number of alkyl halides is 3. The summed E-state index contributed by atoms with van der Waals surface area (Å²) in [4.78, 5) is 17.8. The van der Waals surface area contributed by atoms with E-state index in [1.165, 1.54) is 6.20 Å². The molecule has 1 aliphatic heterocycles. The molecular formula is C19H24F3N3O2. The van der Waals surface area contributed by atoms with Crippen LogP contribution in [-0.4, -0.2) is 38.5 Å². The Bertz CT molecular complexity index is 1040. The third-order valence-corrected chi connectivity index (χ3v) is 3.81. The van der Waals surface area contributed by atoms with Gasteiger partial charge < -0.3 is 14.0 Å². The van der Waals surface area contributed by atoms with Gasteiger partial charge in [-0.3, -0.25) is 0 Å². The zero-order valence-electron chi connectivity index (χ0n) is 20.2. The second-order valence-electron chi connectivity index (χ2n) is 7.22. The molecule has 0 spiro atoms. The standard InChI is InChI=1S/C19H24F3N3O2/c1-18(2,3)27-17(26)25-9-5-4-6-15(25)10-14-12-24-11-13(19(20,21)22)7-8-16(24)23-14/h7-8,11-12,15H,4-6,9-10H2,1-3H3/t15-/m0/s1/i4D2,6D2,15D. The Balaban J connectivity index is 2.04. The van der Waals surface area contributed by atoms with E-state index in [1.807, 2.05) is 0 Å². The summed E-state index contributed by atoms with van der Waals surface area (Å²) in [7, 11) is 0. The number of nitrogens with zero attached hydrogens (tertiary/aromatic N) is 3. The Morgan fingerprint density at radius 1 is 1.37 bits per heavy atom. The van der Waals surface area contributed by atoms with Crippen molar-refractivity contribution in [1.29, 1.82) is 0 Å². The molecule has 2 aromatic rings. The summed E-state index contributed by atoms with van der Waals surface area (Å²) in [5.41, 5.74) is -1.67. The summed E-state index contributed by atoms with van der Waals surface area (Å²) in [5, 5.41) is 0. The molecule has 148 valence electrons. The summed E-state index contributed by atoms with van der Waals surface area (Å²) < 4.78 is 87.4. The Morgan fingerprint density at radius 2 is 2.11 bits per heavy atom. The molecule has 0 unspecified atom stereocenters. The SMILES string of the molecule is [2H]C1([2H])CCN(C(=O)OC(C)(C)C)[C@]([2H])(Cc2cn3cc(C(F)(F)F)ccc3n2)C1([2H])[2H]. The summed E-state index contributed by atoms with van der Waals surface area (Å²) in [6, 6.07) is -0.459. The lowest BCUT2D eigenvalue weighted by Crippen LogP contribution is -2.47. The molecule has 27 heavy (non-hydrogen) atoms. The molecule has 0 N–H and O–H groups in total. The van der Waals surface area contributed by atoms with Gasteiger partial charge in [-0.15, -0.1) is 0 Å². The molecule has 3 heterocycles. The number of carbonyl (C=O) groups excluding carboxylic acids is 1. The van der Waals surface area contributed by atoms with Gasteiger partial charge in [-0.2, -0.15) is 13.2 Å². The first-order valence-electron chi connectivity index (χ1n) is 10.9. The van der Waals surface area contributed by atoms with Gasteiger partial charge in [-0.1, -0.05) is 0 Å². The molecule has 2 aromatic heterocycles. The number of halogens is 3. The second kappa shape index (κ2) is 7.05. The van der Waals surface area contributed by atoms with Gasteiger partial charge in [0.25, 0.3) is 0 Å². The van der Waals surface area contributed by atoms with Crippen LogP contribution < -0.4 is 0 Å². The summed E-state index contributed by atoms with van der Waals surface area (Å²) >= 11 is 0. The van der Waals surface area contributed by atoms with E-state index in [2.05, 4.69) is 4.98 Å². The number of ether oxygens (including phenoxy) is 1. The molecule has 0 bridgehead atoms. The lowest BCUT2D eigenvalue weighted by atomic mass is 9.98. The zero-order valence-corrected chi connectivity index (χ0v) is 15.2. The maximum atomic E-state index is 13.0. The highest BCUT2D eigenvalue weighted by Crippen LogP contribution is 2.29. The molecule has 8 heteroatoms. The van der Waals surface area contributed by atoms with Gasteiger partial charge in [0.2, 0.25) is 0 Å². The van der Waals surface area contributed by atoms with Crippen molar-refractivity contribution >= 4 is 11.7 Å². The van der Waals surface area contributed by atoms with Crippen molar-refractivity contribution in [1.82, 2.24) is 14.3 Å². The predicted molar refractivity (Wildman–Crippen MR) is 94.5 cm³/mol. The Morgan fingerprint density at radius 3 is 2.78 bits per heavy atom. The smallest absolute Gasteiger partial charge is 0.417 e.